The van der Waals surface area contributed by atoms with Crippen LogP contribution in [0.25, 0.3) is 0 Å². The molecule has 0 fully saturated rings. The van der Waals surface area contributed by atoms with Crippen molar-refractivity contribution in [2.75, 3.05) is 0 Å². The number of carbonyl (C=O) groups is 1. The lowest BCUT2D eigenvalue weighted by atomic mass is 10.1. The monoisotopic (exact) mass is 136 g/mol. The standard InChI is InChI=1S/C9H12O/c1-6(2)9-7(3)4-5-8(9)10/h1,4-5H2,2-3H3. The van der Waals surface area contributed by atoms with Crippen LogP contribution in [0.4, 0.5) is 0 Å². The maximum atomic E-state index is 11.1. The Morgan fingerprint density at radius 1 is 1.50 bits per heavy atom. The van der Waals surface area contributed by atoms with Crippen molar-refractivity contribution in [3.8, 4) is 0 Å². The predicted molar refractivity (Wildman–Crippen MR) is 41.8 cm³/mol. The Hall–Kier alpha value is -0.850. The molecule has 0 heterocycles. The van der Waals surface area contributed by atoms with E-state index in [0.29, 0.717) is 6.42 Å². The molecule has 0 aromatic heterocycles. The lowest BCUT2D eigenvalue weighted by Gasteiger charge is -1.98. The highest BCUT2D eigenvalue weighted by atomic mass is 16.1. The first-order valence-corrected chi connectivity index (χ1v) is 3.51. The minimum Gasteiger partial charge on any atom is -0.294 e. The Morgan fingerprint density at radius 3 is 2.30 bits per heavy atom. The summed E-state index contributed by atoms with van der Waals surface area (Å²) in [6.07, 6.45) is 1.62. The zero-order chi connectivity index (χ0) is 7.72. The zero-order valence-corrected chi connectivity index (χ0v) is 6.53. The molecular weight excluding hydrogens is 124 g/mol. The molecule has 0 saturated heterocycles. The van der Waals surface area contributed by atoms with E-state index < -0.39 is 0 Å². The second-order valence-corrected chi connectivity index (χ2v) is 2.86. The van der Waals surface area contributed by atoms with E-state index in [9.17, 15) is 4.79 Å². The van der Waals surface area contributed by atoms with Gasteiger partial charge in [-0.25, -0.2) is 0 Å². The van der Waals surface area contributed by atoms with E-state index >= 15 is 0 Å². The van der Waals surface area contributed by atoms with Gasteiger partial charge in [0.1, 0.15) is 0 Å². The fourth-order valence-corrected chi connectivity index (χ4v) is 1.39. The Labute approximate surface area is 61.4 Å². The molecule has 0 atom stereocenters. The van der Waals surface area contributed by atoms with Crippen LogP contribution in [0, 0.1) is 0 Å². The number of hydrogen-bond donors (Lipinski definition) is 0. The van der Waals surface area contributed by atoms with E-state index in [1.165, 1.54) is 5.57 Å². The smallest absolute Gasteiger partial charge is 0.163 e. The van der Waals surface area contributed by atoms with Crippen molar-refractivity contribution >= 4 is 5.78 Å². The average Bonchev–Trinajstić information content (AvgIpc) is 2.11. The van der Waals surface area contributed by atoms with E-state index in [-0.39, 0.29) is 5.78 Å². The molecule has 1 heteroatoms. The molecule has 1 aliphatic rings. The Balaban J connectivity index is 2.99. The number of hydrogen-bond acceptors (Lipinski definition) is 1. The Bertz CT molecular complexity index is 221. The second kappa shape index (κ2) is 2.41. The zero-order valence-electron chi connectivity index (χ0n) is 6.53. The van der Waals surface area contributed by atoms with Gasteiger partial charge in [-0.1, -0.05) is 12.2 Å². The summed E-state index contributed by atoms with van der Waals surface area (Å²) in [4.78, 5) is 11.1. The highest BCUT2D eigenvalue weighted by Gasteiger charge is 2.19. The summed E-state index contributed by atoms with van der Waals surface area (Å²) < 4.78 is 0. The van der Waals surface area contributed by atoms with Crippen LogP contribution >= 0.6 is 0 Å². The summed E-state index contributed by atoms with van der Waals surface area (Å²) in [7, 11) is 0. The van der Waals surface area contributed by atoms with E-state index in [4.69, 9.17) is 0 Å². The van der Waals surface area contributed by atoms with Gasteiger partial charge in [0.15, 0.2) is 5.78 Å². The minimum absolute atomic E-state index is 0.269. The SMILES string of the molecule is C=C(C)C1=C(C)CCC1=O. The van der Waals surface area contributed by atoms with Crippen molar-refractivity contribution in [2.24, 2.45) is 0 Å². The molecule has 1 rings (SSSR count). The minimum atomic E-state index is 0.269. The number of rotatable bonds is 1. The van der Waals surface area contributed by atoms with Crippen molar-refractivity contribution in [3.63, 3.8) is 0 Å². The van der Waals surface area contributed by atoms with Crippen LogP contribution in [0.5, 0.6) is 0 Å². The molecule has 0 bridgehead atoms. The van der Waals surface area contributed by atoms with Gasteiger partial charge in [0.25, 0.3) is 0 Å². The molecule has 54 valence electrons. The summed E-state index contributed by atoms with van der Waals surface area (Å²) in [6.45, 7) is 7.66. The van der Waals surface area contributed by atoms with Crippen LogP contribution in [-0.4, -0.2) is 5.78 Å². The molecule has 0 amide bonds. The molecule has 0 spiro atoms. The summed E-state index contributed by atoms with van der Waals surface area (Å²) in [5.41, 5.74) is 3.01. The van der Waals surface area contributed by atoms with Crippen LogP contribution in [0.15, 0.2) is 23.3 Å². The van der Waals surface area contributed by atoms with Gasteiger partial charge in [-0.05, 0) is 25.8 Å². The maximum Gasteiger partial charge on any atom is 0.163 e. The molecule has 0 radical (unpaired) electrons. The first-order chi connectivity index (χ1) is 4.63. The van der Waals surface area contributed by atoms with Crippen molar-refractivity contribution in [3.05, 3.63) is 23.3 Å². The van der Waals surface area contributed by atoms with Gasteiger partial charge in [-0.2, -0.15) is 0 Å². The van der Waals surface area contributed by atoms with Gasteiger partial charge in [-0.15, -0.1) is 0 Å². The van der Waals surface area contributed by atoms with Crippen molar-refractivity contribution in [1.82, 2.24) is 0 Å². The number of allylic oxidation sites excluding steroid dienone is 3. The molecule has 0 unspecified atom stereocenters. The molecule has 0 aliphatic heterocycles. The first kappa shape index (κ1) is 7.26. The average molecular weight is 136 g/mol. The molecule has 0 aromatic carbocycles. The third-order valence-corrected chi connectivity index (χ3v) is 1.86. The second-order valence-electron chi connectivity index (χ2n) is 2.86. The van der Waals surface area contributed by atoms with E-state index in [1.54, 1.807) is 0 Å². The van der Waals surface area contributed by atoms with Crippen LogP contribution in [0.3, 0.4) is 0 Å². The van der Waals surface area contributed by atoms with Gasteiger partial charge in [-0.3, -0.25) is 4.79 Å². The molecule has 0 N–H and O–H groups in total. The molecule has 0 aromatic rings. The normalized spacial score (nSPS) is 18.4. The van der Waals surface area contributed by atoms with Gasteiger partial charge in [0.05, 0.1) is 0 Å². The molecule has 0 saturated carbocycles. The quantitative estimate of drug-likeness (QED) is 0.540. The summed E-state index contributed by atoms with van der Waals surface area (Å²) in [5.74, 6) is 0.269. The fraction of sp³-hybridized carbons (Fsp3) is 0.444. The third kappa shape index (κ3) is 1.04. The first-order valence-electron chi connectivity index (χ1n) is 3.51. The topological polar surface area (TPSA) is 17.1 Å². The van der Waals surface area contributed by atoms with E-state index in [0.717, 1.165) is 17.6 Å². The number of Topliss-reactive ketones (excluding diaryl/α,β-unsaturated/α-hetero) is 1. The largest absolute Gasteiger partial charge is 0.294 e. The van der Waals surface area contributed by atoms with E-state index in [2.05, 4.69) is 6.58 Å². The van der Waals surface area contributed by atoms with Crippen LogP contribution in [0.2, 0.25) is 0 Å². The summed E-state index contributed by atoms with van der Waals surface area (Å²) in [6, 6.07) is 0. The van der Waals surface area contributed by atoms with Gasteiger partial charge >= 0.3 is 0 Å². The van der Waals surface area contributed by atoms with Crippen LogP contribution < -0.4 is 0 Å². The van der Waals surface area contributed by atoms with Crippen molar-refractivity contribution in [2.45, 2.75) is 26.7 Å². The van der Waals surface area contributed by atoms with Gasteiger partial charge in [0, 0.05) is 12.0 Å². The molecule has 1 nitrogen and oxygen atoms in total. The Morgan fingerprint density at radius 2 is 2.10 bits per heavy atom. The lowest BCUT2D eigenvalue weighted by molar-refractivity contribution is -0.114. The maximum absolute atomic E-state index is 11.1. The van der Waals surface area contributed by atoms with Gasteiger partial charge < -0.3 is 0 Å². The van der Waals surface area contributed by atoms with Crippen LogP contribution in [0.1, 0.15) is 26.7 Å². The lowest BCUT2D eigenvalue weighted by Crippen LogP contribution is -1.96. The summed E-state index contributed by atoms with van der Waals surface area (Å²) in [5, 5.41) is 0. The van der Waals surface area contributed by atoms with Crippen molar-refractivity contribution in [1.29, 1.82) is 0 Å². The highest BCUT2D eigenvalue weighted by Crippen LogP contribution is 2.26. The number of carbonyl (C=O) groups excluding carboxylic acids is 1. The predicted octanol–water partition coefficient (Wildman–Crippen LogP) is 2.24. The Kier molecular flexibility index (Phi) is 1.75. The number of ketones is 1. The highest BCUT2D eigenvalue weighted by molar-refractivity contribution is 6.02. The molecule has 1 aliphatic carbocycles. The van der Waals surface area contributed by atoms with Crippen LogP contribution in [-0.2, 0) is 4.79 Å². The third-order valence-electron chi connectivity index (χ3n) is 1.86. The van der Waals surface area contributed by atoms with Gasteiger partial charge in [0.2, 0.25) is 0 Å². The molecule has 10 heavy (non-hydrogen) atoms. The fourth-order valence-electron chi connectivity index (χ4n) is 1.39. The van der Waals surface area contributed by atoms with Crippen molar-refractivity contribution < 1.29 is 4.79 Å². The summed E-state index contributed by atoms with van der Waals surface area (Å²) >= 11 is 0. The molecular formula is C9H12O. The van der Waals surface area contributed by atoms with E-state index in [1.807, 2.05) is 13.8 Å².